The first-order valence-electron chi connectivity index (χ1n) is 11.2. The molecule has 0 spiro atoms. The van der Waals surface area contributed by atoms with Crippen molar-refractivity contribution in [1.29, 1.82) is 0 Å². The monoisotopic (exact) mass is 402 g/mol. The summed E-state index contributed by atoms with van der Waals surface area (Å²) in [6, 6.07) is 10.6. The Balaban J connectivity index is 1.76. The molecule has 5 atom stereocenters. The van der Waals surface area contributed by atoms with E-state index in [2.05, 4.69) is 58.0 Å². The Hall–Kier alpha value is -0.800. The van der Waals surface area contributed by atoms with Crippen LogP contribution < -0.4 is 0 Å². The van der Waals surface area contributed by atoms with E-state index in [1.807, 2.05) is 11.8 Å². The SMILES string of the molecule is CCCCC[C@H](O)[C@@H](C)[C@@H](SCC12CCC(CC1=O)C2(C)C)c1ccccc1. The maximum Gasteiger partial charge on any atom is 0.140 e. The van der Waals surface area contributed by atoms with Gasteiger partial charge in [0.2, 0.25) is 0 Å². The lowest BCUT2D eigenvalue weighted by Gasteiger charge is -2.38. The highest BCUT2D eigenvalue weighted by Gasteiger charge is 2.63. The Labute approximate surface area is 175 Å². The molecule has 0 aromatic heterocycles. The van der Waals surface area contributed by atoms with E-state index in [-0.39, 0.29) is 28.1 Å². The van der Waals surface area contributed by atoms with Crippen LogP contribution in [0.1, 0.15) is 83.5 Å². The number of ketones is 1. The first-order valence-corrected chi connectivity index (χ1v) is 12.3. The van der Waals surface area contributed by atoms with Gasteiger partial charge in [-0.1, -0.05) is 77.3 Å². The third-order valence-corrected chi connectivity index (χ3v) is 9.68. The van der Waals surface area contributed by atoms with Gasteiger partial charge < -0.3 is 5.11 Å². The van der Waals surface area contributed by atoms with Crippen LogP contribution in [-0.4, -0.2) is 22.7 Å². The van der Waals surface area contributed by atoms with Crippen molar-refractivity contribution in [3.63, 3.8) is 0 Å². The Morgan fingerprint density at radius 2 is 1.93 bits per heavy atom. The van der Waals surface area contributed by atoms with Gasteiger partial charge >= 0.3 is 0 Å². The average Bonchev–Trinajstić information content (AvgIpc) is 3.04. The molecule has 0 amide bonds. The van der Waals surface area contributed by atoms with Crippen molar-refractivity contribution in [2.45, 2.75) is 84.0 Å². The second-order valence-electron chi connectivity index (χ2n) is 9.73. The summed E-state index contributed by atoms with van der Waals surface area (Å²) in [6.45, 7) is 9.03. The quantitative estimate of drug-likeness (QED) is 0.458. The number of aliphatic hydroxyl groups is 1. The highest BCUT2D eigenvalue weighted by molar-refractivity contribution is 7.99. The molecule has 1 aromatic carbocycles. The molecule has 3 rings (SSSR count). The van der Waals surface area contributed by atoms with Gasteiger partial charge in [-0.15, -0.1) is 0 Å². The molecule has 0 radical (unpaired) electrons. The molecule has 0 heterocycles. The Kier molecular flexibility index (Phi) is 6.97. The van der Waals surface area contributed by atoms with Gasteiger partial charge in [0.15, 0.2) is 0 Å². The minimum atomic E-state index is -0.287. The fraction of sp³-hybridized carbons (Fsp3) is 0.720. The van der Waals surface area contributed by atoms with E-state index >= 15 is 0 Å². The third-order valence-electron chi connectivity index (χ3n) is 7.96. The van der Waals surface area contributed by atoms with Crippen LogP contribution in [0.4, 0.5) is 0 Å². The molecule has 0 aliphatic heterocycles. The normalized spacial score (nSPS) is 29.0. The molecule has 28 heavy (non-hydrogen) atoms. The number of carbonyl (C=O) groups is 1. The van der Waals surface area contributed by atoms with Crippen LogP contribution in [0.15, 0.2) is 30.3 Å². The summed E-state index contributed by atoms with van der Waals surface area (Å²) in [7, 11) is 0. The summed E-state index contributed by atoms with van der Waals surface area (Å²) in [5, 5.41) is 11.1. The molecule has 2 nitrogen and oxygen atoms in total. The van der Waals surface area contributed by atoms with Crippen LogP contribution >= 0.6 is 11.8 Å². The first-order chi connectivity index (χ1) is 13.3. The van der Waals surface area contributed by atoms with Gasteiger partial charge in [0.1, 0.15) is 5.78 Å². The van der Waals surface area contributed by atoms with E-state index in [4.69, 9.17) is 0 Å². The molecule has 2 aliphatic rings. The van der Waals surface area contributed by atoms with E-state index in [1.54, 1.807) is 0 Å². The molecule has 2 bridgehead atoms. The van der Waals surface area contributed by atoms with Gasteiger partial charge in [-0.3, -0.25) is 4.79 Å². The predicted octanol–water partition coefficient (Wildman–Crippen LogP) is 6.43. The predicted molar refractivity (Wildman–Crippen MR) is 120 cm³/mol. The number of carbonyl (C=O) groups excluding carboxylic acids is 1. The van der Waals surface area contributed by atoms with Crippen molar-refractivity contribution in [1.82, 2.24) is 0 Å². The molecule has 2 saturated carbocycles. The molecular weight excluding hydrogens is 364 g/mol. The van der Waals surface area contributed by atoms with Gasteiger partial charge in [0.05, 0.1) is 6.10 Å². The van der Waals surface area contributed by atoms with E-state index in [1.165, 1.54) is 24.8 Å². The average molecular weight is 403 g/mol. The van der Waals surface area contributed by atoms with Crippen LogP contribution in [0, 0.1) is 22.7 Å². The fourth-order valence-electron chi connectivity index (χ4n) is 5.60. The summed E-state index contributed by atoms with van der Waals surface area (Å²) in [5.41, 5.74) is 1.23. The summed E-state index contributed by atoms with van der Waals surface area (Å²) < 4.78 is 0. The topological polar surface area (TPSA) is 37.3 Å². The number of hydrogen-bond donors (Lipinski definition) is 1. The lowest BCUT2D eigenvalue weighted by Crippen LogP contribution is -2.39. The molecule has 0 saturated heterocycles. The molecule has 2 unspecified atom stereocenters. The van der Waals surface area contributed by atoms with Gasteiger partial charge in [-0.2, -0.15) is 11.8 Å². The number of hydrogen-bond acceptors (Lipinski definition) is 3. The lowest BCUT2D eigenvalue weighted by atomic mass is 9.70. The Morgan fingerprint density at radius 3 is 2.50 bits per heavy atom. The second kappa shape index (κ2) is 8.92. The Bertz CT molecular complexity index is 656. The highest BCUT2D eigenvalue weighted by atomic mass is 32.2. The number of benzene rings is 1. The van der Waals surface area contributed by atoms with E-state index < -0.39 is 0 Å². The number of thioether (sulfide) groups is 1. The maximum absolute atomic E-state index is 12.9. The molecule has 1 aromatic rings. The van der Waals surface area contributed by atoms with Crippen LogP contribution in [0.2, 0.25) is 0 Å². The number of Topliss-reactive ketones (excluding diaryl/α,β-unsaturated/α-hetero) is 1. The van der Waals surface area contributed by atoms with Crippen molar-refractivity contribution in [2.24, 2.45) is 22.7 Å². The second-order valence-corrected chi connectivity index (χ2v) is 10.9. The van der Waals surface area contributed by atoms with Crippen LogP contribution in [-0.2, 0) is 4.79 Å². The van der Waals surface area contributed by atoms with E-state index in [0.717, 1.165) is 31.4 Å². The van der Waals surface area contributed by atoms with Crippen molar-refractivity contribution < 1.29 is 9.90 Å². The zero-order valence-electron chi connectivity index (χ0n) is 18.1. The molecule has 2 fully saturated rings. The lowest BCUT2D eigenvalue weighted by molar-refractivity contribution is -0.127. The zero-order chi connectivity index (χ0) is 20.4. The summed E-state index contributed by atoms with van der Waals surface area (Å²) >= 11 is 1.92. The van der Waals surface area contributed by atoms with Crippen LogP contribution in [0.5, 0.6) is 0 Å². The van der Waals surface area contributed by atoms with E-state index in [0.29, 0.717) is 11.7 Å². The van der Waals surface area contributed by atoms with Crippen molar-refractivity contribution in [3.8, 4) is 0 Å². The summed E-state index contributed by atoms with van der Waals surface area (Å²) in [4.78, 5) is 12.9. The van der Waals surface area contributed by atoms with Crippen LogP contribution in [0.3, 0.4) is 0 Å². The Morgan fingerprint density at radius 1 is 1.21 bits per heavy atom. The molecule has 156 valence electrons. The minimum Gasteiger partial charge on any atom is -0.393 e. The zero-order valence-corrected chi connectivity index (χ0v) is 18.9. The standard InChI is InChI=1S/C25H38O2S/c1-5-6-8-13-21(26)18(2)23(19-11-9-7-10-12-19)28-17-25-15-14-20(16-22(25)27)24(25,3)4/h7,9-12,18,20-21,23,26H,5-6,8,13-17H2,1-4H3/t18-,20?,21+,23-,25?/m1/s1. The maximum atomic E-state index is 12.9. The third kappa shape index (κ3) is 3.94. The molecule has 2 aliphatic carbocycles. The first kappa shape index (κ1) is 21.9. The van der Waals surface area contributed by atoms with Crippen molar-refractivity contribution >= 4 is 17.5 Å². The number of fused-ring (bicyclic) bond motifs is 2. The molecular formula is C25H38O2S. The molecule has 1 N–H and O–H groups in total. The smallest absolute Gasteiger partial charge is 0.140 e. The van der Waals surface area contributed by atoms with Gasteiger partial charge in [0.25, 0.3) is 0 Å². The van der Waals surface area contributed by atoms with Gasteiger partial charge in [-0.05, 0) is 42.1 Å². The van der Waals surface area contributed by atoms with Crippen LogP contribution in [0.25, 0.3) is 0 Å². The number of aliphatic hydroxyl groups excluding tert-OH is 1. The van der Waals surface area contributed by atoms with Crippen molar-refractivity contribution in [2.75, 3.05) is 5.75 Å². The number of unbranched alkanes of at least 4 members (excludes halogenated alkanes) is 2. The fourth-order valence-corrected chi connectivity index (χ4v) is 7.58. The number of rotatable bonds is 10. The molecule has 3 heteroatoms. The van der Waals surface area contributed by atoms with Gasteiger partial charge in [0, 0.05) is 22.8 Å². The van der Waals surface area contributed by atoms with Gasteiger partial charge in [-0.25, -0.2) is 0 Å². The minimum absolute atomic E-state index is 0.112. The summed E-state index contributed by atoms with van der Waals surface area (Å²) in [5.74, 6) is 2.12. The highest BCUT2D eigenvalue weighted by Crippen LogP contribution is 2.65. The van der Waals surface area contributed by atoms with Crippen molar-refractivity contribution in [3.05, 3.63) is 35.9 Å². The largest absolute Gasteiger partial charge is 0.393 e. The van der Waals surface area contributed by atoms with E-state index in [9.17, 15) is 9.90 Å². The summed E-state index contributed by atoms with van der Waals surface area (Å²) in [6.07, 6.45) is 7.06.